The summed E-state index contributed by atoms with van der Waals surface area (Å²) in [7, 11) is 0. The fourth-order valence-corrected chi connectivity index (χ4v) is 3.06. The smallest absolute Gasteiger partial charge is 0.251 e. The van der Waals surface area contributed by atoms with Crippen LogP contribution < -0.4 is 11.1 Å². The van der Waals surface area contributed by atoms with E-state index >= 15 is 0 Å². The molecule has 0 aliphatic rings. The van der Waals surface area contributed by atoms with E-state index in [1.807, 2.05) is 30.5 Å². The van der Waals surface area contributed by atoms with Crippen LogP contribution in [0.4, 0.5) is 5.69 Å². The molecule has 1 aromatic heterocycles. The van der Waals surface area contributed by atoms with Gasteiger partial charge in [-0.1, -0.05) is 19.4 Å². The van der Waals surface area contributed by atoms with Crippen LogP contribution in [0.1, 0.15) is 46.6 Å². The van der Waals surface area contributed by atoms with Gasteiger partial charge in [-0.25, -0.2) is 0 Å². The van der Waals surface area contributed by atoms with Crippen molar-refractivity contribution in [2.45, 2.75) is 32.7 Å². The molecule has 0 saturated carbocycles. The summed E-state index contributed by atoms with van der Waals surface area (Å²) in [6.45, 7) is 4.06. The van der Waals surface area contributed by atoms with E-state index in [1.54, 1.807) is 17.4 Å². The van der Waals surface area contributed by atoms with Crippen LogP contribution in [0.25, 0.3) is 0 Å². The van der Waals surface area contributed by atoms with E-state index in [1.165, 1.54) is 4.88 Å². The molecule has 1 heterocycles. The van der Waals surface area contributed by atoms with Crippen molar-refractivity contribution in [3.63, 3.8) is 0 Å². The highest BCUT2D eigenvalue weighted by atomic mass is 32.1. The van der Waals surface area contributed by atoms with Crippen molar-refractivity contribution in [3.8, 4) is 0 Å². The molecule has 20 heavy (non-hydrogen) atoms. The first-order valence-electron chi connectivity index (χ1n) is 6.81. The lowest BCUT2D eigenvalue weighted by molar-refractivity contribution is 0.0935. The summed E-state index contributed by atoms with van der Waals surface area (Å²) < 4.78 is 0. The van der Waals surface area contributed by atoms with E-state index in [-0.39, 0.29) is 11.9 Å². The van der Waals surface area contributed by atoms with E-state index in [4.69, 9.17) is 5.73 Å². The molecular weight excluding hydrogens is 268 g/mol. The highest BCUT2D eigenvalue weighted by Crippen LogP contribution is 2.24. The minimum atomic E-state index is -0.0627. The van der Waals surface area contributed by atoms with Gasteiger partial charge in [-0.05, 0) is 48.6 Å². The number of rotatable bonds is 5. The lowest BCUT2D eigenvalue weighted by Crippen LogP contribution is -2.28. The fourth-order valence-electron chi connectivity index (χ4n) is 2.25. The van der Waals surface area contributed by atoms with Crippen LogP contribution >= 0.6 is 11.3 Å². The van der Waals surface area contributed by atoms with Crippen LogP contribution in [0.3, 0.4) is 0 Å². The van der Waals surface area contributed by atoms with Gasteiger partial charge in [0.25, 0.3) is 5.91 Å². The first kappa shape index (κ1) is 14.6. The molecule has 0 spiro atoms. The summed E-state index contributed by atoms with van der Waals surface area (Å²) in [6, 6.07) is 9.60. The minimum Gasteiger partial charge on any atom is -0.399 e. The Morgan fingerprint density at radius 2 is 2.20 bits per heavy atom. The molecule has 0 bridgehead atoms. The normalized spacial score (nSPS) is 12.1. The summed E-state index contributed by atoms with van der Waals surface area (Å²) in [5.41, 5.74) is 8.05. The zero-order chi connectivity index (χ0) is 14.5. The second-order valence-electron chi connectivity index (χ2n) is 4.96. The molecule has 4 heteroatoms. The molecule has 0 radical (unpaired) electrons. The Bertz CT molecular complexity index is 558. The average molecular weight is 288 g/mol. The zero-order valence-corrected chi connectivity index (χ0v) is 12.7. The van der Waals surface area contributed by atoms with Gasteiger partial charge in [0.15, 0.2) is 0 Å². The predicted octanol–water partition coefficient (Wildman–Crippen LogP) is 3.91. The molecule has 3 N–H and O–H groups in total. The van der Waals surface area contributed by atoms with Gasteiger partial charge in [-0.3, -0.25) is 4.79 Å². The Morgan fingerprint density at radius 3 is 2.80 bits per heavy atom. The lowest BCUT2D eigenvalue weighted by atomic mass is 10.1. The van der Waals surface area contributed by atoms with Gasteiger partial charge in [0, 0.05) is 16.1 Å². The SMILES string of the molecule is CCCC(NC(=O)c1cc(C)cc(N)c1)c1cccs1. The van der Waals surface area contributed by atoms with Crippen molar-refractivity contribution in [1.82, 2.24) is 5.32 Å². The highest BCUT2D eigenvalue weighted by molar-refractivity contribution is 7.10. The second-order valence-corrected chi connectivity index (χ2v) is 5.94. The lowest BCUT2D eigenvalue weighted by Gasteiger charge is -2.17. The largest absolute Gasteiger partial charge is 0.399 e. The monoisotopic (exact) mass is 288 g/mol. The molecule has 1 amide bonds. The molecule has 0 fully saturated rings. The van der Waals surface area contributed by atoms with E-state index in [2.05, 4.69) is 18.3 Å². The number of thiophene rings is 1. The number of benzene rings is 1. The Labute approximate surface area is 123 Å². The van der Waals surface area contributed by atoms with Gasteiger partial charge in [-0.15, -0.1) is 11.3 Å². The third-order valence-electron chi connectivity index (χ3n) is 3.13. The van der Waals surface area contributed by atoms with Crippen LogP contribution in [0.2, 0.25) is 0 Å². The summed E-state index contributed by atoms with van der Waals surface area (Å²) in [5, 5.41) is 5.14. The number of aryl methyl sites for hydroxylation is 1. The van der Waals surface area contributed by atoms with Gasteiger partial charge in [0.05, 0.1) is 6.04 Å². The fraction of sp³-hybridized carbons (Fsp3) is 0.312. The first-order valence-corrected chi connectivity index (χ1v) is 7.69. The molecule has 2 rings (SSSR count). The topological polar surface area (TPSA) is 55.1 Å². The van der Waals surface area contributed by atoms with Crippen molar-refractivity contribution in [2.24, 2.45) is 0 Å². The maximum Gasteiger partial charge on any atom is 0.251 e. The maximum atomic E-state index is 12.4. The van der Waals surface area contributed by atoms with Crippen molar-refractivity contribution in [3.05, 3.63) is 51.7 Å². The number of hydrogen-bond acceptors (Lipinski definition) is 3. The number of hydrogen-bond donors (Lipinski definition) is 2. The molecule has 0 aliphatic carbocycles. The molecule has 1 unspecified atom stereocenters. The zero-order valence-electron chi connectivity index (χ0n) is 11.8. The maximum absolute atomic E-state index is 12.4. The molecule has 3 nitrogen and oxygen atoms in total. The number of anilines is 1. The van der Waals surface area contributed by atoms with E-state index in [0.29, 0.717) is 11.3 Å². The molecule has 1 atom stereocenters. The van der Waals surface area contributed by atoms with Gasteiger partial charge in [0.1, 0.15) is 0 Å². The van der Waals surface area contributed by atoms with Gasteiger partial charge in [0.2, 0.25) is 0 Å². The number of carbonyl (C=O) groups is 1. The summed E-state index contributed by atoms with van der Waals surface area (Å²) in [4.78, 5) is 13.6. The van der Waals surface area contributed by atoms with Crippen molar-refractivity contribution >= 4 is 22.9 Å². The van der Waals surface area contributed by atoms with Crippen molar-refractivity contribution < 1.29 is 4.79 Å². The summed E-state index contributed by atoms with van der Waals surface area (Å²) in [5.74, 6) is -0.0627. The standard InChI is InChI=1S/C16H20N2OS/c1-3-5-14(15-6-4-7-20-15)18-16(19)12-8-11(2)9-13(17)10-12/h4,6-10,14H,3,5,17H2,1-2H3,(H,18,19). The predicted molar refractivity (Wildman–Crippen MR) is 85.0 cm³/mol. The van der Waals surface area contributed by atoms with Gasteiger partial charge in [-0.2, -0.15) is 0 Å². The van der Waals surface area contributed by atoms with Gasteiger partial charge >= 0.3 is 0 Å². The second kappa shape index (κ2) is 6.57. The van der Waals surface area contributed by atoms with Crippen LogP contribution in [-0.4, -0.2) is 5.91 Å². The number of carbonyl (C=O) groups excluding carboxylic acids is 1. The Balaban J connectivity index is 2.16. The molecule has 0 aliphatic heterocycles. The third-order valence-corrected chi connectivity index (χ3v) is 4.12. The van der Waals surface area contributed by atoms with E-state index in [9.17, 15) is 4.79 Å². The Hall–Kier alpha value is -1.81. The molecule has 2 aromatic rings. The van der Waals surface area contributed by atoms with Crippen LogP contribution in [0.15, 0.2) is 35.7 Å². The first-order chi connectivity index (χ1) is 9.60. The highest BCUT2D eigenvalue weighted by Gasteiger charge is 2.16. The summed E-state index contributed by atoms with van der Waals surface area (Å²) >= 11 is 1.68. The van der Waals surface area contributed by atoms with E-state index in [0.717, 1.165) is 18.4 Å². The Kier molecular flexibility index (Phi) is 4.79. The average Bonchev–Trinajstić information content (AvgIpc) is 2.90. The third kappa shape index (κ3) is 3.61. The molecular formula is C16H20N2OS. The van der Waals surface area contributed by atoms with Crippen LogP contribution in [-0.2, 0) is 0 Å². The van der Waals surface area contributed by atoms with Crippen LogP contribution in [0.5, 0.6) is 0 Å². The van der Waals surface area contributed by atoms with Gasteiger partial charge < -0.3 is 11.1 Å². The quantitative estimate of drug-likeness (QED) is 0.820. The van der Waals surface area contributed by atoms with E-state index < -0.39 is 0 Å². The number of amides is 1. The van der Waals surface area contributed by atoms with Crippen LogP contribution in [0, 0.1) is 6.92 Å². The minimum absolute atomic E-state index is 0.0627. The molecule has 0 saturated heterocycles. The summed E-state index contributed by atoms with van der Waals surface area (Å²) in [6.07, 6.45) is 1.96. The molecule has 1 aromatic carbocycles. The van der Waals surface area contributed by atoms with Crippen molar-refractivity contribution in [2.75, 3.05) is 5.73 Å². The van der Waals surface area contributed by atoms with Crippen molar-refractivity contribution in [1.29, 1.82) is 0 Å². The Morgan fingerprint density at radius 1 is 1.40 bits per heavy atom. The number of nitrogens with two attached hydrogens (primary N) is 1. The number of nitrogens with one attached hydrogen (secondary N) is 1. The number of nitrogen functional groups attached to an aromatic ring is 1. The molecule has 106 valence electrons.